The summed E-state index contributed by atoms with van der Waals surface area (Å²) in [6.07, 6.45) is 0. The van der Waals surface area contributed by atoms with Crippen LogP contribution >= 0.6 is 34.5 Å². The van der Waals surface area contributed by atoms with Crippen LogP contribution in [0.3, 0.4) is 0 Å². The van der Waals surface area contributed by atoms with E-state index >= 15 is 0 Å². The Morgan fingerprint density at radius 2 is 1.74 bits per heavy atom. The van der Waals surface area contributed by atoms with Crippen molar-refractivity contribution in [3.8, 4) is 0 Å². The number of para-hydroxylation sites is 1. The highest BCUT2D eigenvalue weighted by atomic mass is 35.5. The molecule has 0 bridgehead atoms. The first-order valence-electron chi connectivity index (χ1n) is 9.57. The second-order valence-electron chi connectivity index (χ2n) is 6.86. The first kappa shape index (κ1) is 21.4. The highest BCUT2D eigenvalue weighted by molar-refractivity contribution is 7.14. The van der Waals surface area contributed by atoms with Gasteiger partial charge in [0.25, 0.3) is 5.91 Å². The second kappa shape index (κ2) is 9.55. The quantitative estimate of drug-likeness (QED) is 0.552. The summed E-state index contributed by atoms with van der Waals surface area (Å²) in [7, 11) is 0. The average Bonchev–Trinajstić information content (AvgIpc) is 3.22. The molecule has 0 saturated carbocycles. The van der Waals surface area contributed by atoms with Crippen molar-refractivity contribution in [3.05, 3.63) is 69.7 Å². The van der Waals surface area contributed by atoms with Crippen LogP contribution in [0.4, 0.5) is 21.3 Å². The van der Waals surface area contributed by atoms with Gasteiger partial charge in [0, 0.05) is 42.3 Å². The zero-order chi connectivity index (χ0) is 21.8. The van der Waals surface area contributed by atoms with Crippen molar-refractivity contribution in [1.82, 2.24) is 9.88 Å². The molecule has 1 aliphatic rings. The van der Waals surface area contributed by atoms with Gasteiger partial charge in [-0.15, -0.1) is 11.3 Å². The number of carbonyl (C=O) groups excluding carboxylic acids is 2. The summed E-state index contributed by atoms with van der Waals surface area (Å²) in [5, 5.41) is 8.54. The fourth-order valence-electron chi connectivity index (χ4n) is 3.28. The molecule has 2 N–H and O–H groups in total. The van der Waals surface area contributed by atoms with Crippen molar-refractivity contribution >= 4 is 63.0 Å². The van der Waals surface area contributed by atoms with Crippen LogP contribution in [0.5, 0.6) is 0 Å². The summed E-state index contributed by atoms with van der Waals surface area (Å²) >= 11 is 13.4. The molecule has 160 valence electrons. The lowest BCUT2D eigenvalue weighted by Gasteiger charge is -2.36. The molecule has 1 fully saturated rings. The third-order valence-corrected chi connectivity index (χ3v) is 6.10. The summed E-state index contributed by atoms with van der Waals surface area (Å²) in [5.74, 6) is -0.154. The van der Waals surface area contributed by atoms with Crippen LogP contribution in [0.25, 0.3) is 0 Å². The zero-order valence-electron chi connectivity index (χ0n) is 16.3. The number of hydrogen-bond donors (Lipinski definition) is 2. The van der Waals surface area contributed by atoms with Crippen molar-refractivity contribution in [3.63, 3.8) is 0 Å². The molecule has 31 heavy (non-hydrogen) atoms. The highest BCUT2D eigenvalue weighted by Crippen LogP contribution is 2.26. The van der Waals surface area contributed by atoms with Crippen molar-refractivity contribution in [2.75, 3.05) is 41.7 Å². The number of anilines is 3. The zero-order valence-corrected chi connectivity index (χ0v) is 18.7. The van der Waals surface area contributed by atoms with Gasteiger partial charge in [-0.1, -0.05) is 41.4 Å². The van der Waals surface area contributed by atoms with Crippen LogP contribution in [-0.2, 0) is 0 Å². The minimum Gasteiger partial charge on any atom is -0.367 e. The molecule has 7 nitrogen and oxygen atoms in total. The normalized spacial score (nSPS) is 13.7. The van der Waals surface area contributed by atoms with E-state index in [2.05, 4.69) is 20.5 Å². The summed E-state index contributed by atoms with van der Waals surface area (Å²) in [6.45, 7) is 2.51. The average molecular weight is 476 g/mol. The minimum atomic E-state index is -0.455. The number of nitrogens with zero attached hydrogens (tertiary/aromatic N) is 3. The number of thiazole rings is 1. The van der Waals surface area contributed by atoms with Crippen LogP contribution < -0.4 is 15.5 Å². The number of carbonyl (C=O) groups is 2. The predicted octanol–water partition coefficient (Wildman–Crippen LogP) is 5.06. The molecule has 0 unspecified atom stereocenters. The Morgan fingerprint density at radius 1 is 0.968 bits per heavy atom. The maximum Gasteiger partial charge on any atom is 0.325 e. The fourth-order valence-corrected chi connectivity index (χ4v) is 4.40. The van der Waals surface area contributed by atoms with E-state index in [9.17, 15) is 9.59 Å². The first-order chi connectivity index (χ1) is 15.0. The highest BCUT2D eigenvalue weighted by Gasteiger charge is 2.25. The van der Waals surface area contributed by atoms with Gasteiger partial charge < -0.3 is 15.1 Å². The van der Waals surface area contributed by atoms with E-state index in [-0.39, 0.29) is 5.91 Å². The van der Waals surface area contributed by atoms with E-state index in [0.717, 1.165) is 5.69 Å². The Labute approximate surface area is 193 Å². The number of benzene rings is 2. The van der Waals surface area contributed by atoms with Crippen molar-refractivity contribution in [2.45, 2.75) is 0 Å². The van der Waals surface area contributed by atoms with Gasteiger partial charge in [0.2, 0.25) is 0 Å². The number of urea groups is 1. The van der Waals surface area contributed by atoms with E-state index in [1.807, 2.05) is 24.3 Å². The number of amides is 3. The summed E-state index contributed by atoms with van der Waals surface area (Å²) in [6, 6.07) is 14.1. The number of hydrogen-bond acceptors (Lipinski definition) is 5. The standard InChI is InChI=1S/C21H19Cl2N5O2S/c22-14-4-3-5-15(12-14)24-20(30)26-21-25-17(13-31-21)19(29)28-10-8-27(9-11-28)18-7-2-1-6-16(18)23/h1-7,12-13H,8-11H2,(H2,24,25,26,30). The van der Waals surface area contributed by atoms with E-state index in [4.69, 9.17) is 23.2 Å². The molecule has 0 aliphatic carbocycles. The molecule has 2 heterocycles. The topological polar surface area (TPSA) is 77.6 Å². The molecular weight excluding hydrogens is 457 g/mol. The van der Waals surface area contributed by atoms with Crippen LogP contribution in [0, 0.1) is 0 Å². The third-order valence-electron chi connectivity index (χ3n) is 4.79. The predicted molar refractivity (Wildman–Crippen MR) is 126 cm³/mol. The minimum absolute atomic E-state index is 0.154. The SMILES string of the molecule is O=C(Nc1cccc(Cl)c1)Nc1nc(C(=O)N2CCN(c3ccccc3Cl)CC2)cs1. The number of nitrogens with one attached hydrogen (secondary N) is 2. The molecule has 1 saturated heterocycles. The van der Waals surface area contributed by atoms with Gasteiger partial charge in [-0.05, 0) is 30.3 Å². The number of aromatic nitrogens is 1. The van der Waals surface area contributed by atoms with E-state index in [1.54, 1.807) is 34.5 Å². The van der Waals surface area contributed by atoms with E-state index < -0.39 is 6.03 Å². The molecule has 4 rings (SSSR count). The fraction of sp³-hybridized carbons (Fsp3) is 0.190. The van der Waals surface area contributed by atoms with Crippen LogP contribution in [0.2, 0.25) is 10.0 Å². The van der Waals surface area contributed by atoms with Crippen molar-refractivity contribution in [2.24, 2.45) is 0 Å². The molecule has 0 radical (unpaired) electrons. The lowest BCUT2D eigenvalue weighted by Crippen LogP contribution is -2.49. The monoisotopic (exact) mass is 475 g/mol. The summed E-state index contributed by atoms with van der Waals surface area (Å²) in [5.41, 5.74) is 1.85. The largest absolute Gasteiger partial charge is 0.367 e. The Balaban J connectivity index is 1.32. The van der Waals surface area contributed by atoms with Crippen molar-refractivity contribution < 1.29 is 9.59 Å². The molecule has 1 aliphatic heterocycles. The molecule has 1 aromatic heterocycles. The van der Waals surface area contributed by atoms with Gasteiger partial charge in [0.15, 0.2) is 5.13 Å². The van der Waals surface area contributed by atoms with E-state index in [1.165, 1.54) is 11.3 Å². The Morgan fingerprint density at radius 3 is 2.48 bits per heavy atom. The molecular formula is C21H19Cl2N5O2S. The van der Waals surface area contributed by atoms with Gasteiger partial charge in [-0.25, -0.2) is 9.78 Å². The number of rotatable bonds is 4. The molecule has 3 amide bonds. The molecule has 3 aromatic rings. The molecule has 0 atom stereocenters. The van der Waals surface area contributed by atoms with Gasteiger partial charge in [0.1, 0.15) is 5.69 Å². The Bertz CT molecular complexity index is 1100. The lowest BCUT2D eigenvalue weighted by molar-refractivity contribution is 0.0741. The summed E-state index contributed by atoms with van der Waals surface area (Å²) in [4.78, 5) is 33.2. The maximum atomic E-state index is 12.8. The van der Waals surface area contributed by atoms with Gasteiger partial charge in [-0.2, -0.15) is 0 Å². The third kappa shape index (κ3) is 5.28. The van der Waals surface area contributed by atoms with E-state index in [0.29, 0.717) is 52.7 Å². The lowest BCUT2D eigenvalue weighted by atomic mass is 10.2. The van der Waals surface area contributed by atoms with Gasteiger partial charge >= 0.3 is 6.03 Å². The molecule has 10 heteroatoms. The van der Waals surface area contributed by atoms with Gasteiger partial charge in [-0.3, -0.25) is 10.1 Å². The summed E-state index contributed by atoms with van der Waals surface area (Å²) < 4.78 is 0. The molecule has 2 aromatic carbocycles. The van der Waals surface area contributed by atoms with Crippen molar-refractivity contribution in [1.29, 1.82) is 0 Å². The Kier molecular flexibility index (Phi) is 6.60. The van der Waals surface area contributed by atoms with Crippen LogP contribution in [0.1, 0.15) is 10.5 Å². The van der Waals surface area contributed by atoms with Gasteiger partial charge in [0.05, 0.1) is 10.7 Å². The Hall–Kier alpha value is -2.81. The number of halogens is 2. The molecule has 0 spiro atoms. The first-order valence-corrected chi connectivity index (χ1v) is 11.2. The second-order valence-corrected chi connectivity index (χ2v) is 8.56. The smallest absolute Gasteiger partial charge is 0.325 e. The number of piperazine rings is 1. The maximum absolute atomic E-state index is 12.8. The van der Waals surface area contributed by atoms with Crippen LogP contribution in [0.15, 0.2) is 53.9 Å². The van der Waals surface area contributed by atoms with Crippen LogP contribution in [-0.4, -0.2) is 48.0 Å².